The van der Waals surface area contributed by atoms with Gasteiger partial charge in [-0.25, -0.2) is 0 Å². The van der Waals surface area contributed by atoms with E-state index in [9.17, 15) is 0 Å². The van der Waals surface area contributed by atoms with E-state index in [2.05, 4.69) is 224 Å². The number of hydrogen-bond donors (Lipinski definition) is 0. The van der Waals surface area contributed by atoms with Crippen LogP contribution in [-0.4, -0.2) is 13.7 Å². The molecule has 0 atom stereocenters. The minimum Gasteiger partial charge on any atom is -0.341 e. The molecular weight excluding hydrogens is 763 g/mol. The molecule has 7 aromatic carbocycles. The van der Waals surface area contributed by atoms with E-state index in [4.69, 9.17) is 0 Å². The van der Waals surface area contributed by atoms with Gasteiger partial charge in [0.05, 0.1) is 0 Å². The van der Waals surface area contributed by atoms with Crippen LogP contribution in [0, 0.1) is 0 Å². The van der Waals surface area contributed by atoms with Crippen LogP contribution in [0.5, 0.6) is 0 Å². The first-order valence-corrected chi connectivity index (χ1v) is 23.3. The fourth-order valence-corrected chi connectivity index (χ4v) is 10.4. The van der Waals surface area contributed by atoms with Gasteiger partial charge in [0.1, 0.15) is 0 Å². The molecule has 0 saturated carbocycles. The van der Waals surface area contributed by atoms with Crippen molar-refractivity contribution < 1.29 is 0 Å². The minimum absolute atomic E-state index is 0.0629. The van der Waals surface area contributed by atoms with E-state index in [1.807, 2.05) is 0 Å². The molecule has 0 fully saturated rings. The van der Waals surface area contributed by atoms with Crippen molar-refractivity contribution in [3.8, 4) is 33.4 Å². The number of fused-ring (bicyclic) bond motifs is 9. The summed E-state index contributed by atoms with van der Waals surface area (Å²) in [6.07, 6.45) is 0. The third-order valence-corrected chi connectivity index (χ3v) is 14.1. The van der Waals surface area contributed by atoms with Crippen LogP contribution in [-0.2, 0) is 35.9 Å². The molecule has 3 aromatic heterocycles. The third-order valence-electron chi connectivity index (χ3n) is 14.1. The normalized spacial score (nSPS) is 13.0. The molecule has 10 rings (SSSR count). The van der Waals surface area contributed by atoms with Gasteiger partial charge < -0.3 is 13.7 Å². The molecule has 0 saturated heterocycles. The number of hydrogen-bond acceptors (Lipinski definition) is 0. The van der Waals surface area contributed by atoms with Crippen LogP contribution < -0.4 is 0 Å². The zero-order chi connectivity index (χ0) is 44.3. The highest BCUT2D eigenvalue weighted by Crippen LogP contribution is 2.42. The van der Waals surface area contributed by atoms with Crippen LogP contribution in [0.4, 0.5) is 0 Å². The van der Waals surface area contributed by atoms with Crippen LogP contribution in [0.3, 0.4) is 0 Å². The number of nitrogens with zero attached hydrogens (tertiary/aromatic N) is 3. The lowest BCUT2D eigenvalue weighted by molar-refractivity contribution is 0.591. The molecule has 3 nitrogen and oxygen atoms in total. The Balaban J connectivity index is 1.22. The molecule has 0 aliphatic heterocycles. The highest BCUT2D eigenvalue weighted by Gasteiger charge is 2.22. The van der Waals surface area contributed by atoms with Gasteiger partial charge in [-0.2, -0.15) is 0 Å². The molecule has 318 valence electrons. The highest BCUT2D eigenvalue weighted by atomic mass is 15.0. The van der Waals surface area contributed by atoms with E-state index >= 15 is 0 Å². The zero-order valence-corrected chi connectivity index (χ0v) is 39.6. The maximum atomic E-state index is 2.48. The Morgan fingerprint density at radius 1 is 0.270 bits per heavy atom. The Bertz CT molecular complexity index is 3070. The van der Waals surface area contributed by atoms with Gasteiger partial charge >= 0.3 is 0 Å². The van der Waals surface area contributed by atoms with Crippen molar-refractivity contribution in [2.75, 3.05) is 0 Å². The second-order valence-corrected chi connectivity index (χ2v) is 21.2. The smallest absolute Gasteiger partial charge is 0.0491 e. The van der Waals surface area contributed by atoms with Gasteiger partial charge in [-0.3, -0.25) is 0 Å². The van der Waals surface area contributed by atoms with E-state index in [0.29, 0.717) is 0 Å². The largest absolute Gasteiger partial charge is 0.341 e. The fraction of sp³-hybridized carbons (Fsp3) is 0.300. The van der Waals surface area contributed by atoms with Crippen molar-refractivity contribution in [2.45, 2.75) is 119 Å². The number of aryl methyl sites for hydroxylation is 3. The lowest BCUT2D eigenvalue weighted by Gasteiger charge is -2.19. The average Bonchev–Trinajstić information content (AvgIpc) is 3.88. The van der Waals surface area contributed by atoms with Gasteiger partial charge in [0.25, 0.3) is 0 Å². The van der Waals surface area contributed by atoms with Crippen LogP contribution in [0.25, 0.3) is 98.8 Å². The maximum absolute atomic E-state index is 2.48. The molecule has 0 radical (unpaired) electrons. The summed E-state index contributed by atoms with van der Waals surface area (Å²) in [6.45, 7) is 30.4. The second-order valence-electron chi connectivity index (χ2n) is 21.2. The first-order valence-electron chi connectivity index (χ1n) is 23.3. The van der Waals surface area contributed by atoms with Crippen molar-refractivity contribution in [3.63, 3.8) is 0 Å². The van der Waals surface area contributed by atoms with Crippen LogP contribution in [0.15, 0.2) is 127 Å². The van der Waals surface area contributed by atoms with Crippen molar-refractivity contribution in [2.24, 2.45) is 0 Å². The zero-order valence-electron chi connectivity index (χ0n) is 39.6. The van der Waals surface area contributed by atoms with Crippen molar-refractivity contribution in [3.05, 3.63) is 144 Å². The number of aromatic nitrogens is 3. The summed E-state index contributed by atoms with van der Waals surface area (Å²) in [4.78, 5) is 0. The summed E-state index contributed by atoms with van der Waals surface area (Å²) >= 11 is 0. The monoisotopic (exact) mass is 826 g/mol. The third kappa shape index (κ3) is 6.69. The second kappa shape index (κ2) is 14.5. The number of rotatable bonds is 6. The fourth-order valence-electron chi connectivity index (χ4n) is 10.4. The number of benzene rings is 7. The van der Waals surface area contributed by atoms with E-state index in [1.54, 1.807) is 0 Å². The molecule has 3 heteroatoms. The van der Waals surface area contributed by atoms with Crippen LogP contribution in [0.2, 0.25) is 0 Å². The van der Waals surface area contributed by atoms with E-state index in [1.165, 1.54) is 115 Å². The lowest BCUT2D eigenvalue weighted by Crippen LogP contribution is -2.10. The lowest BCUT2D eigenvalue weighted by atomic mass is 9.86. The molecule has 0 aliphatic carbocycles. The standard InChI is InChI=1S/C60H63N3/c1-13-61-52-22-16-37(31-46(52)49-34-43(58(4,5)6)19-25-55(49)61)40-28-41(38-17-23-53-47(32-38)50-35-44(59(7,8)9)20-26-56(50)62(53)14-2)30-42(29-40)39-18-24-54-48(33-39)51-36-45(60(10,11)12)21-27-57(51)63(54)15-3/h16-36H,13-15H2,1-12H3. The topological polar surface area (TPSA) is 14.8 Å². The predicted molar refractivity (Wildman–Crippen MR) is 275 cm³/mol. The molecule has 10 aromatic rings. The summed E-state index contributed by atoms with van der Waals surface area (Å²) in [5.74, 6) is 0. The molecule has 0 amide bonds. The van der Waals surface area contributed by atoms with Crippen LogP contribution in [0.1, 0.15) is 99.8 Å². The Morgan fingerprint density at radius 3 is 0.714 bits per heavy atom. The van der Waals surface area contributed by atoms with Crippen molar-refractivity contribution in [1.82, 2.24) is 13.7 Å². The Morgan fingerprint density at radius 2 is 0.492 bits per heavy atom. The molecule has 3 heterocycles. The van der Waals surface area contributed by atoms with Gasteiger partial charge in [0, 0.05) is 85.1 Å². The van der Waals surface area contributed by atoms with Crippen molar-refractivity contribution in [1.29, 1.82) is 0 Å². The van der Waals surface area contributed by atoms with Crippen molar-refractivity contribution >= 4 is 65.4 Å². The van der Waals surface area contributed by atoms with E-state index in [-0.39, 0.29) is 16.2 Å². The van der Waals surface area contributed by atoms with E-state index < -0.39 is 0 Å². The summed E-state index contributed by atoms with van der Waals surface area (Å²) in [7, 11) is 0. The predicted octanol–water partition coefficient (Wildman–Crippen LogP) is 17.0. The van der Waals surface area contributed by atoms with Gasteiger partial charge in [0.15, 0.2) is 0 Å². The molecule has 0 bridgehead atoms. The maximum Gasteiger partial charge on any atom is 0.0491 e. The SMILES string of the molecule is CCn1c2ccc(-c3cc(-c4ccc5c(c4)c4cc(C(C)(C)C)ccc4n5CC)cc(-c4ccc5c(c4)c4cc(C(C)(C)C)ccc4n5CC)c3)cc2c2cc(C(C)(C)C)ccc21. The summed E-state index contributed by atoms with van der Waals surface area (Å²) in [5.41, 5.74) is 19.4. The summed E-state index contributed by atoms with van der Waals surface area (Å²) < 4.78 is 7.43. The molecule has 0 spiro atoms. The molecule has 63 heavy (non-hydrogen) atoms. The molecule has 0 N–H and O–H groups in total. The Hall–Kier alpha value is -6.06. The van der Waals surface area contributed by atoms with E-state index in [0.717, 1.165) is 19.6 Å². The Labute approximate surface area is 374 Å². The molecule has 0 unspecified atom stereocenters. The minimum atomic E-state index is 0.0629. The van der Waals surface area contributed by atoms with Crippen LogP contribution >= 0.6 is 0 Å². The first-order chi connectivity index (χ1) is 30.0. The quantitative estimate of drug-likeness (QED) is 0.159. The van der Waals surface area contributed by atoms with Gasteiger partial charge in [-0.15, -0.1) is 0 Å². The van der Waals surface area contributed by atoms with Gasteiger partial charge in [-0.05, 0) is 178 Å². The summed E-state index contributed by atoms with van der Waals surface area (Å²) in [5, 5.41) is 7.93. The molecule has 0 aliphatic rings. The first kappa shape index (κ1) is 41.0. The summed E-state index contributed by atoms with van der Waals surface area (Å²) in [6, 6.07) is 50.1. The van der Waals surface area contributed by atoms with Gasteiger partial charge in [-0.1, -0.05) is 98.7 Å². The van der Waals surface area contributed by atoms with Gasteiger partial charge in [0.2, 0.25) is 0 Å². The highest BCUT2D eigenvalue weighted by molar-refractivity contribution is 6.12. The Kier molecular flexibility index (Phi) is 9.43. The average molecular weight is 826 g/mol. The molecular formula is C60H63N3.